The monoisotopic (exact) mass is 419 g/mol. The second-order valence-electron chi connectivity index (χ2n) is 6.38. The molecule has 0 amide bonds. The van der Waals surface area contributed by atoms with Gasteiger partial charge in [0.15, 0.2) is 5.96 Å². The first-order chi connectivity index (χ1) is 10.1. The Hall–Kier alpha value is -0.790. The summed E-state index contributed by atoms with van der Waals surface area (Å²) in [6.45, 7) is 5.38. The number of nitrogens with zero attached hydrogens (tertiary/aromatic N) is 3. The number of guanidine groups is 1. The van der Waals surface area contributed by atoms with Crippen molar-refractivity contribution in [1.82, 2.24) is 20.2 Å². The highest BCUT2D eigenvalue weighted by Gasteiger charge is 2.23. The summed E-state index contributed by atoms with van der Waals surface area (Å²) in [7, 11) is 3.83. The van der Waals surface area contributed by atoms with Crippen molar-refractivity contribution in [2.24, 2.45) is 23.9 Å². The zero-order valence-corrected chi connectivity index (χ0v) is 16.5. The molecule has 6 heteroatoms. The molecule has 1 aromatic heterocycles. The molecule has 1 heterocycles. The Balaban J connectivity index is 0.00000242. The molecule has 22 heavy (non-hydrogen) atoms. The van der Waals surface area contributed by atoms with Crippen LogP contribution in [0.4, 0.5) is 0 Å². The second kappa shape index (κ2) is 9.37. The summed E-state index contributed by atoms with van der Waals surface area (Å²) in [5.74, 6) is 3.60. The molecule has 0 unspecified atom stereocenters. The van der Waals surface area contributed by atoms with E-state index in [0.29, 0.717) is 12.6 Å². The quantitative estimate of drug-likeness (QED) is 0.448. The van der Waals surface area contributed by atoms with Gasteiger partial charge in [-0.1, -0.05) is 13.8 Å². The average molecular weight is 419 g/mol. The highest BCUT2D eigenvalue weighted by atomic mass is 127. The number of halogens is 1. The molecule has 2 rings (SSSR count). The fraction of sp³-hybridized carbons (Fsp3) is 0.750. The summed E-state index contributed by atoms with van der Waals surface area (Å²) < 4.78 is 2.02. The Labute approximate surface area is 151 Å². The molecule has 5 nitrogen and oxygen atoms in total. The van der Waals surface area contributed by atoms with Crippen molar-refractivity contribution in [2.45, 2.75) is 52.1 Å². The standard InChI is InChI=1S/C16H29N5.HI/c1-12(2)13-5-7-14(8-6-13)20-16(17-3)19-11-15-18-9-10-21(15)4;/h9-10,12-14H,5-8,11H2,1-4H3,(H2,17,19,20);1H. The maximum atomic E-state index is 4.32. The lowest BCUT2D eigenvalue weighted by atomic mass is 9.80. The van der Waals surface area contributed by atoms with Crippen molar-refractivity contribution in [3.8, 4) is 0 Å². The first kappa shape index (κ1) is 19.3. The normalized spacial score (nSPS) is 22.3. The third-order valence-corrected chi connectivity index (χ3v) is 4.61. The van der Waals surface area contributed by atoms with E-state index in [0.717, 1.165) is 23.6 Å². The average Bonchev–Trinajstić information content (AvgIpc) is 2.89. The first-order valence-electron chi connectivity index (χ1n) is 8.03. The van der Waals surface area contributed by atoms with Crippen LogP contribution in [0.3, 0.4) is 0 Å². The van der Waals surface area contributed by atoms with Crippen LogP contribution in [0.2, 0.25) is 0 Å². The Morgan fingerprint density at radius 2 is 2.05 bits per heavy atom. The Bertz CT molecular complexity index is 461. The van der Waals surface area contributed by atoms with E-state index >= 15 is 0 Å². The zero-order valence-electron chi connectivity index (χ0n) is 14.2. The van der Waals surface area contributed by atoms with Gasteiger partial charge in [0.05, 0.1) is 6.54 Å². The van der Waals surface area contributed by atoms with E-state index in [4.69, 9.17) is 0 Å². The van der Waals surface area contributed by atoms with E-state index in [2.05, 4.69) is 34.5 Å². The van der Waals surface area contributed by atoms with Gasteiger partial charge < -0.3 is 15.2 Å². The number of hydrogen-bond acceptors (Lipinski definition) is 2. The predicted octanol–water partition coefficient (Wildman–Crippen LogP) is 2.92. The summed E-state index contributed by atoms with van der Waals surface area (Å²) in [5.41, 5.74) is 0. The minimum atomic E-state index is 0. The van der Waals surface area contributed by atoms with E-state index in [-0.39, 0.29) is 24.0 Å². The topological polar surface area (TPSA) is 54.2 Å². The van der Waals surface area contributed by atoms with Crippen molar-refractivity contribution in [3.63, 3.8) is 0 Å². The molecule has 1 aromatic rings. The molecular formula is C16H30IN5. The number of nitrogens with one attached hydrogen (secondary N) is 2. The van der Waals surface area contributed by atoms with Crippen LogP contribution in [0, 0.1) is 11.8 Å². The zero-order chi connectivity index (χ0) is 15.2. The molecule has 0 radical (unpaired) electrons. The van der Waals surface area contributed by atoms with Crippen LogP contribution in [0.1, 0.15) is 45.4 Å². The van der Waals surface area contributed by atoms with Gasteiger partial charge in [-0.15, -0.1) is 24.0 Å². The van der Waals surface area contributed by atoms with Gasteiger partial charge in [-0.25, -0.2) is 4.98 Å². The van der Waals surface area contributed by atoms with Gasteiger partial charge in [0.1, 0.15) is 5.82 Å². The van der Waals surface area contributed by atoms with Crippen LogP contribution in [-0.2, 0) is 13.6 Å². The van der Waals surface area contributed by atoms with E-state index in [9.17, 15) is 0 Å². The summed E-state index contributed by atoms with van der Waals surface area (Å²) in [4.78, 5) is 8.64. The molecule has 0 saturated heterocycles. The van der Waals surface area contributed by atoms with Gasteiger partial charge in [0, 0.05) is 32.5 Å². The lowest BCUT2D eigenvalue weighted by Crippen LogP contribution is -2.45. The third kappa shape index (κ3) is 5.44. The van der Waals surface area contributed by atoms with Crippen molar-refractivity contribution in [3.05, 3.63) is 18.2 Å². The van der Waals surface area contributed by atoms with Gasteiger partial charge in [-0.05, 0) is 37.5 Å². The van der Waals surface area contributed by atoms with E-state index < -0.39 is 0 Å². The third-order valence-electron chi connectivity index (χ3n) is 4.61. The largest absolute Gasteiger partial charge is 0.354 e. The predicted molar refractivity (Wildman–Crippen MR) is 103 cm³/mol. The minimum absolute atomic E-state index is 0. The van der Waals surface area contributed by atoms with Crippen LogP contribution < -0.4 is 10.6 Å². The number of hydrogen-bond donors (Lipinski definition) is 2. The van der Waals surface area contributed by atoms with Crippen LogP contribution in [0.25, 0.3) is 0 Å². The highest BCUT2D eigenvalue weighted by Crippen LogP contribution is 2.29. The highest BCUT2D eigenvalue weighted by molar-refractivity contribution is 14.0. The molecule has 2 N–H and O–H groups in total. The van der Waals surface area contributed by atoms with Crippen LogP contribution in [0.5, 0.6) is 0 Å². The van der Waals surface area contributed by atoms with Gasteiger partial charge >= 0.3 is 0 Å². The van der Waals surface area contributed by atoms with Crippen molar-refractivity contribution < 1.29 is 0 Å². The van der Waals surface area contributed by atoms with Crippen LogP contribution >= 0.6 is 24.0 Å². The molecule has 0 atom stereocenters. The summed E-state index contributed by atoms with van der Waals surface area (Å²) in [6, 6.07) is 0.549. The molecule has 1 aliphatic carbocycles. The fourth-order valence-electron chi connectivity index (χ4n) is 3.05. The fourth-order valence-corrected chi connectivity index (χ4v) is 3.05. The van der Waals surface area contributed by atoms with Gasteiger partial charge in [-0.3, -0.25) is 4.99 Å². The van der Waals surface area contributed by atoms with E-state index in [1.165, 1.54) is 25.7 Å². The van der Waals surface area contributed by atoms with Crippen LogP contribution in [-0.4, -0.2) is 28.6 Å². The Morgan fingerprint density at radius 1 is 1.36 bits per heavy atom. The Kier molecular flexibility index (Phi) is 8.20. The molecule has 126 valence electrons. The van der Waals surface area contributed by atoms with E-state index in [1.54, 1.807) is 0 Å². The first-order valence-corrected chi connectivity index (χ1v) is 8.03. The second-order valence-corrected chi connectivity index (χ2v) is 6.38. The number of aliphatic imine (C=N–C) groups is 1. The molecule has 0 spiro atoms. The molecular weight excluding hydrogens is 389 g/mol. The molecule has 0 aliphatic heterocycles. The summed E-state index contributed by atoms with van der Waals surface area (Å²) in [5, 5.41) is 6.90. The maximum absolute atomic E-state index is 4.32. The van der Waals surface area contributed by atoms with Crippen molar-refractivity contribution >= 4 is 29.9 Å². The van der Waals surface area contributed by atoms with Gasteiger partial charge in [-0.2, -0.15) is 0 Å². The Morgan fingerprint density at radius 3 is 2.55 bits per heavy atom. The minimum Gasteiger partial charge on any atom is -0.354 e. The molecule has 1 aliphatic rings. The lowest BCUT2D eigenvalue weighted by molar-refractivity contribution is 0.250. The number of aromatic nitrogens is 2. The number of imidazole rings is 1. The summed E-state index contributed by atoms with van der Waals surface area (Å²) in [6.07, 6.45) is 8.91. The lowest BCUT2D eigenvalue weighted by Gasteiger charge is -2.32. The van der Waals surface area contributed by atoms with Crippen molar-refractivity contribution in [1.29, 1.82) is 0 Å². The maximum Gasteiger partial charge on any atom is 0.191 e. The smallest absolute Gasteiger partial charge is 0.191 e. The van der Waals surface area contributed by atoms with Crippen molar-refractivity contribution in [2.75, 3.05) is 7.05 Å². The molecule has 1 fully saturated rings. The molecule has 0 bridgehead atoms. The molecule has 0 aromatic carbocycles. The number of aryl methyl sites for hydroxylation is 1. The van der Waals surface area contributed by atoms with Gasteiger partial charge in [0.2, 0.25) is 0 Å². The molecule has 1 saturated carbocycles. The summed E-state index contributed by atoms with van der Waals surface area (Å²) >= 11 is 0. The number of rotatable bonds is 4. The van der Waals surface area contributed by atoms with Crippen LogP contribution in [0.15, 0.2) is 17.4 Å². The van der Waals surface area contributed by atoms with E-state index in [1.807, 2.05) is 31.1 Å². The van der Waals surface area contributed by atoms with Gasteiger partial charge in [0.25, 0.3) is 0 Å². The SMILES string of the molecule is CN=C(NCc1nccn1C)NC1CCC(C(C)C)CC1.I.